The second-order valence-corrected chi connectivity index (χ2v) is 7.32. The third-order valence-corrected chi connectivity index (χ3v) is 5.95. The zero-order chi connectivity index (χ0) is 20.9. The Labute approximate surface area is 174 Å². The number of hydrogen-bond donors (Lipinski definition) is 1. The molecule has 1 spiro atoms. The molecule has 1 heterocycles. The van der Waals surface area contributed by atoms with Crippen molar-refractivity contribution in [3.63, 3.8) is 0 Å². The van der Waals surface area contributed by atoms with Crippen LogP contribution in [-0.2, 0) is 10.2 Å². The zero-order valence-corrected chi connectivity index (χ0v) is 17.0. The Morgan fingerprint density at radius 1 is 0.800 bits per heavy atom. The third kappa shape index (κ3) is 2.32. The monoisotopic (exact) mass is 399 g/mol. The summed E-state index contributed by atoms with van der Waals surface area (Å²) in [7, 11) is 4.84. The number of benzene rings is 3. The fourth-order valence-corrected chi connectivity index (χ4v) is 4.60. The second-order valence-electron chi connectivity index (χ2n) is 7.32. The van der Waals surface area contributed by atoms with Crippen LogP contribution in [0.3, 0.4) is 0 Å². The Morgan fingerprint density at radius 2 is 1.43 bits per heavy atom. The average Bonchev–Trinajstić information content (AvgIpc) is 3.28. The topological polar surface area (TPSA) is 56.8 Å². The molecule has 3 aromatic rings. The van der Waals surface area contributed by atoms with Gasteiger partial charge in [0, 0.05) is 17.8 Å². The lowest BCUT2D eigenvalue weighted by Gasteiger charge is -2.21. The van der Waals surface area contributed by atoms with Crippen LogP contribution in [0.1, 0.15) is 22.3 Å². The molecule has 5 nitrogen and oxygen atoms in total. The molecule has 0 aromatic heterocycles. The number of amides is 1. The number of ether oxygens (including phenoxy) is 3. The van der Waals surface area contributed by atoms with Gasteiger partial charge in [-0.05, 0) is 28.3 Å². The zero-order valence-electron chi connectivity index (χ0n) is 17.0. The minimum atomic E-state index is -0.890. The Hall–Kier alpha value is -3.73. The summed E-state index contributed by atoms with van der Waals surface area (Å²) in [6.07, 6.45) is 2.03. The quantitative estimate of drug-likeness (QED) is 0.707. The number of fused-ring (bicyclic) bond motifs is 4. The standard InChI is InChI=1S/C25H21NO4/c1-28-15-12-21(29-2)23(22(13-15)30-3)17-14-25(18-9-5-4-8-16(17)18)19-10-6-7-11-20(19)26-24(25)27/h4-14H,1-3H3,(H,26,27). The smallest absolute Gasteiger partial charge is 0.243 e. The van der Waals surface area contributed by atoms with Crippen LogP contribution in [0.4, 0.5) is 5.69 Å². The maximum Gasteiger partial charge on any atom is 0.243 e. The molecule has 1 aliphatic heterocycles. The van der Waals surface area contributed by atoms with Gasteiger partial charge >= 0.3 is 0 Å². The molecule has 1 aliphatic carbocycles. The minimum Gasteiger partial charge on any atom is -0.496 e. The molecule has 5 heteroatoms. The molecule has 2 aliphatic rings. The molecule has 0 bridgehead atoms. The molecule has 30 heavy (non-hydrogen) atoms. The highest BCUT2D eigenvalue weighted by Gasteiger charge is 2.51. The SMILES string of the molecule is COc1cc(OC)c(C2=CC3(C(=O)Nc4ccccc43)c3ccccc32)c(OC)c1. The Bertz CT molecular complexity index is 1190. The number of carbonyl (C=O) groups excluding carboxylic acids is 1. The van der Waals surface area contributed by atoms with E-state index >= 15 is 0 Å². The number of methoxy groups -OCH3 is 3. The molecule has 1 atom stereocenters. The maximum atomic E-state index is 13.4. The minimum absolute atomic E-state index is 0.0578. The molecule has 0 fully saturated rings. The van der Waals surface area contributed by atoms with Gasteiger partial charge in [0.15, 0.2) is 0 Å². The number of nitrogens with one attached hydrogen (secondary N) is 1. The molecule has 150 valence electrons. The molecule has 3 aromatic carbocycles. The predicted molar refractivity (Wildman–Crippen MR) is 115 cm³/mol. The first-order valence-corrected chi connectivity index (χ1v) is 9.68. The summed E-state index contributed by atoms with van der Waals surface area (Å²) >= 11 is 0. The molecular weight excluding hydrogens is 378 g/mol. The van der Waals surface area contributed by atoms with Gasteiger partial charge in [0.2, 0.25) is 5.91 Å². The number of anilines is 1. The number of para-hydroxylation sites is 1. The molecule has 1 unspecified atom stereocenters. The van der Waals surface area contributed by atoms with Crippen molar-refractivity contribution in [2.45, 2.75) is 5.41 Å². The van der Waals surface area contributed by atoms with Gasteiger partial charge in [-0.25, -0.2) is 0 Å². The van der Waals surface area contributed by atoms with Crippen molar-refractivity contribution < 1.29 is 19.0 Å². The predicted octanol–water partition coefficient (Wildman–Crippen LogP) is 4.40. The van der Waals surface area contributed by atoms with E-state index in [0.29, 0.717) is 17.2 Å². The Kier molecular flexibility index (Phi) is 4.07. The van der Waals surface area contributed by atoms with Gasteiger partial charge in [0.1, 0.15) is 22.7 Å². The number of carbonyl (C=O) groups is 1. The summed E-state index contributed by atoms with van der Waals surface area (Å²) in [6.45, 7) is 0. The Morgan fingerprint density at radius 3 is 2.10 bits per heavy atom. The highest BCUT2D eigenvalue weighted by atomic mass is 16.5. The highest BCUT2D eigenvalue weighted by Crippen LogP contribution is 2.55. The lowest BCUT2D eigenvalue weighted by Crippen LogP contribution is -2.32. The van der Waals surface area contributed by atoms with E-state index in [1.165, 1.54) is 0 Å². The second kappa shape index (κ2) is 6.66. The summed E-state index contributed by atoms with van der Waals surface area (Å²) in [6, 6.07) is 19.5. The van der Waals surface area contributed by atoms with Crippen LogP contribution >= 0.6 is 0 Å². The summed E-state index contributed by atoms with van der Waals surface area (Å²) in [4.78, 5) is 13.4. The first-order valence-electron chi connectivity index (χ1n) is 9.68. The van der Waals surface area contributed by atoms with E-state index in [0.717, 1.165) is 33.5 Å². The largest absolute Gasteiger partial charge is 0.496 e. The van der Waals surface area contributed by atoms with Crippen LogP contribution in [0.25, 0.3) is 5.57 Å². The van der Waals surface area contributed by atoms with Crippen LogP contribution in [-0.4, -0.2) is 27.2 Å². The van der Waals surface area contributed by atoms with E-state index in [1.54, 1.807) is 21.3 Å². The molecule has 0 saturated heterocycles. The van der Waals surface area contributed by atoms with E-state index in [9.17, 15) is 4.79 Å². The van der Waals surface area contributed by atoms with Gasteiger partial charge in [-0.1, -0.05) is 48.5 Å². The fourth-order valence-electron chi connectivity index (χ4n) is 4.60. The first-order chi connectivity index (χ1) is 14.6. The van der Waals surface area contributed by atoms with Crippen molar-refractivity contribution in [3.05, 3.63) is 89.0 Å². The van der Waals surface area contributed by atoms with E-state index < -0.39 is 5.41 Å². The summed E-state index contributed by atoms with van der Waals surface area (Å²) < 4.78 is 16.8. The maximum absolute atomic E-state index is 13.4. The van der Waals surface area contributed by atoms with Crippen molar-refractivity contribution in [1.82, 2.24) is 0 Å². The van der Waals surface area contributed by atoms with E-state index in [4.69, 9.17) is 14.2 Å². The lowest BCUT2D eigenvalue weighted by molar-refractivity contribution is -0.118. The average molecular weight is 399 g/mol. The highest BCUT2D eigenvalue weighted by molar-refractivity contribution is 6.14. The lowest BCUT2D eigenvalue weighted by atomic mass is 9.77. The number of hydrogen-bond acceptors (Lipinski definition) is 4. The molecular formula is C25H21NO4. The molecule has 1 amide bonds. The van der Waals surface area contributed by atoms with Crippen molar-refractivity contribution in [1.29, 1.82) is 0 Å². The van der Waals surface area contributed by atoms with Gasteiger partial charge in [0.05, 0.1) is 26.9 Å². The molecule has 0 radical (unpaired) electrons. The molecule has 0 saturated carbocycles. The summed E-state index contributed by atoms with van der Waals surface area (Å²) in [5, 5.41) is 3.05. The van der Waals surface area contributed by atoms with Crippen LogP contribution in [0.15, 0.2) is 66.7 Å². The third-order valence-electron chi connectivity index (χ3n) is 5.95. The van der Waals surface area contributed by atoms with Crippen molar-refractivity contribution in [2.75, 3.05) is 26.6 Å². The Balaban J connectivity index is 1.84. The van der Waals surface area contributed by atoms with Crippen molar-refractivity contribution in [3.8, 4) is 17.2 Å². The van der Waals surface area contributed by atoms with Gasteiger partial charge in [-0.15, -0.1) is 0 Å². The van der Waals surface area contributed by atoms with E-state index in [2.05, 4.69) is 5.32 Å². The van der Waals surface area contributed by atoms with Crippen LogP contribution in [0.2, 0.25) is 0 Å². The van der Waals surface area contributed by atoms with Gasteiger partial charge in [-0.3, -0.25) is 4.79 Å². The van der Waals surface area contributed by atoms with Gasteiger partial charge in [-0.2, -0.15) is 0 Å². The van der Waals surface area contributed by atoms with Gasteiger partial charge in [0.25, 0.3) is 0 Å². The fraction of sp³-hybridized carbons (Fsp3) is 0.160. The van der Waals surface area contributed by atoms with E-state index in [1.807, 2.05) is 66.7 Å². The van der Waals surface area contributed by atoms with Crippen molar-refractivity contribution in [2.24, 2.45) is 0 Å². The first kappa shape index (κ1) is 18.3. The van der Waals surface area contributed by atoms with Crippen LogP contribution in [0.5, 0.6) is 17.2 Å². The van der Waals surface area contributed by atoms with E-state index in [-0.39, 0.29) is 5.91 Å². The molecule has 5 rings (SSSR count). The van der Waals surface area contributed by atoms with Crippen LogP contribution in [0, 0.1) is 0 Å². The van der Waals surface area contributed by atoms with Gasteiger partial charge < -0.3 is 19.5 Å². The van der Waals surface area contributed by atoms with Crippen LogP contribution < -0.4 is 19.5 Å². The summed E-state index contributed by atoms with van der Waals surface area (Å²) in [5.41, 5.74) is 4.51. The van der Waals surface area contributed by atoms with Crippen molar-refractivity contribution >= 4 is 17.2 Å². The molecule has 1 N–H and O–H groups in total. The number of rotatable bonds is 4. The normalized spacial score (nSPS) is 18.5. The summed E-state index contributed by atoms with van der Waals surface area (Å²) in [5.74, 6) is 1.82.